The molecule has 2 aliphatic rings. The fourth-order valence-electron chi connectivity index (χ4n) is 3.49. The van der Waals surface area contributed by atoms with E-state index in [4.69, 9.17) is 0 Å². The van der Waals surface area contributed by atoms with Crippen molar-refractivity contribution in [3.63, 3.8) is 0 Å². The molecular weight excluding hydrogens is 296 g/mol. The van der Waals surface area contributed by atoms with E-state index in [1.807, 2.05) is 7.05 Å². The van der Waals surface area contributed by atoms with Crippen molar-refractivity contribution in [3.05, 3.63) is 29.8 Å². The molecule has 4 nitrogen and oxygen atoms in total. The Balaban J connectivity index is 1.49. The Morgan fingerprint density at radius 3 is 2.50 bits per heavy atom. The van der Waals surface area contributed by atoms with Gasteiger partial charge in [0.15, 0.2) is 5.96 Å². The second kappa shape index (κ2) is 8.41. The summed E-state index contributed by atoms with van der Waals surface area (Å²) in [6, 6.07) is 9.07. The monoisotopic (exact) mass is 328 g/mol. The van der Waals surface area contributed by atoms with Crippen molar-refractivity contribution in [1.29, 1.82) is 0 Å². The molecule has 1 aromatic rings. The van der Waals surface area contributed by atoms with E-state index in [0.29, 0.717) is 0 Å². The summed E-state index contributed by atoms with van der Waals surface area (Å²) in [6.07, 6.45) is 8.14. The lowest BCUT2D eigenvalue weighted by Gasteiger charge is -2.29. The van der Waals surface area contributed by atoms with Crippen molar-refractivity contribution in [2.75, 3.05) is 38.6 Å². The molecule has 0 aromatic heterocycles. The van der Waals surface area contributed by atoms with Gasteiger partial charge in [-0.2, -0.15) is 0 Å². The van der Waals surface area contributed by atoms with Crippen LogP contribution in [0.25, 0.3) is 0 Å². The minimum Gasteiger partial charge on any atom is -0.372 e. The van der Waals surface area contributed by atoms with E-state index in [9.17, 15) is 0 Å². The van der Waals surface area contributed by atoms with Crippen LogP contribution in [0.5, 0.6) is 0 Å². The maximum Gasteiger partial charge on any atom is 0.193 e. The normalized spacial score (nSPS) is 18.6. The van der Waals surface area contributed by atoms with Crippen LogP contribution in [0.4, 0.5) is 5.69 Å². The molecule has 24 heavy (non-hydrogen) atoms. The smallest absolute Gasteiger partial charge is 0.193 e. The van der Waals surface area contributed by atoms with Crippen LogP contribution in [0.3, 0.4) is 0 Å². The average molecular weight is 329 g/mol. The molecule has 0 amide bonds. The van der Waals surface area contributed by atoms with Gasteiger partial charge in [-0.1, -0.05) is 25.0 Å². The van der Waals surface area contributed by atoms with Crippen molar-refractivity contribution >= 4 is 11.6 Å². The number of anilines is 1. The summed E-state index contributed by atoms with van der Waals surface area (Å²) in [5.41, 5.74) is 2.71. The van der Waals surface area contributed by atoms with Crippen LogP contribution >= 0.6 is 0 Å². The van der Waals surface area contributed by atoms with Crippen LogP contribution in [0, 0.1) is 5.92 Å². The van der Waals surface area contributed by atoms with Gasteiger partial charge in [0, 0.05) is 46.0 Å². The zero-order valence-corrected chi connectivity index (χ0v) is 15.3. The molecule has 1 saturated heterocycles. The van der Waals surface area contributed by atoms with Gasteiger partial charge >= 0.3 is 0 Å². The summed E-state index contributed by atoms with van der Waals surface area (Å²) in [6.45, 7) is 4.34. The maximum absolute atomic E-state index is 4.42. The van der Waals surface area contributed by atoms with E-state index in [0.717, 1.165) is 25.0 Å². The molecule has 1 saturated carbocycles. The molecule has 0 unspecified atom stereocenters. The molecule has 0 atom stereocenters. The number of nitrogens with zero attached hydrogens (tertiary/aromatic N) is 3. The largest absolute Gasteiger partial charge is 0.372 e. The zero-order valence-electron chi connectivity index (χ0n) is 15.3. The number of piperidine rings is 1. The van der Waals surface area contributed by atoms with Gasteiger partial charge in [0.05, 0.1) is 0 Å². The van der Waals surface area contributed by atoms with E-state index < -0.39 is 0 Å². The Hall–Kier alpha value is -1.71. The molecule has 1 heterocycles. The highest BCUT2D eigenvalue weighted by atomic mass is 15.3. The van der Waals surface area contributed by atoms with Crippen LogP contribution < -0.4 is 10.2 Å². The van der Waals surface area contributed by atoms with E-state index >= 15 is 0 Å². The predicted molar refractivity (Wildman–Crippen MR) is 103 cm³/mol. The summed E-state index contributed by atoms with van der Waals surface area (Å²) in [5, 5.41) is 3.49. The molecule has 1 N–H and O–H groups in total. The fourth-order valence-corrected chi connectivity index (χ4v) is 3.49. The Morgan fingerprint density at radius 2 is 1.88 bits per heavy atom. The fraction of sp³-hybridized carbons (Fsp3) is 0.650. The first-order chi connectivity index (χ1) is 11.8. The maximum atomic E-state index is 4.42. The van der Waals surface area contributed by atoms with E-state index in [-0.39, 0.29) is 0 Å². The molecule has 4 heteroatoms. The molecular formula is C20H32N4. The average Bonchev–Trinajstić information content (AvgIpc) is 3.44. The molecule has 2 fully saturated rings. The molecule has 0 radical (unpaired) electrons. The number of hydrogen-bond donors (Lipinski definition) is 1. The van der Waals surface area contributed by atoms with Crippen LogP contribution in [0.2, 0.25) is 0 Å². The van der Waals surface area contributed by atoms with Gasteiger partial charge in [0.25, 0.3) is 0 Å². The number of rotatable bonds is 6. The first-order valence-electron chi connectivity index (χ1n) is 9.52. The summed E-state index contributed by atoms with van der Waals surface area (Å²) >= 11 is 0. The summed E-state index contributed by atoms with van der Waals surface area (Å²) in [5.74, 6) is 1.96. The highest BCUT2D eigenvalue weighted by molar-refractivity contribution is 5.79. The van der Waals surface area contributed by atoms with Crippen molar-refractivity contribution in [2.24, 2.45) is 10.9 Å². The van der Waals surface area contributed by atoms with Crippen molar-refractivity contribution in [1.82, 2.24) is 10.2 Å². The topological polar surface area (TPSA) is 30.9 Å². The summed E-state index contributed by atoms with van der Waals surface area (Å²) in [4.78, 5) is 9.14. The van der Waals surface area contributed by atoms with Gasteiger partial charge in [0.1, 0.15) is 0 Å². The van der Waals surface area contributed by atoms with Gasteiger partial charge in [-0.05, 0) is 49.3 Å². The lowest BCUT2D eigenvalue weighted by Crippen LogP contribution is -2.39. The predicted octanol–water partition coefficient (Wildman–Crippen LogP) is 3.48. The molecule has 3 rings (SSSR count). The second-order valence-electron chi connectivity index (χ2n) is 7.28. The molecule has 132 valence electrons. The van der Waals surface area contributed by atoms with Crippen LogP contribution in [0.1, 0.15) is 44.1 Å². The lowest BCUT2D eigenvalue weighted by atomic mass is 10.1. The third-order valence-electron chi connectivity index (χ3n) is 5.18. The number of hydrogen-bond acceptors (Lipinski definition) is 2. The van der Waals surface area contributed by atoms with Crippen molar-refractivity contribution in [3.8, 4) is 0 Å². The molecule has 0 bridgehead atoms. The number of nitrogens with one attached hydrogen (secondary N) is 1. The summed E-state index contributed by atoms with van der Waals surface area (Å²) < 4.78 is 0. The Kier molecular flexibility index (Phi) is 6.00. The van der Waals surface area contributed by atoms with Crippen LogP contribution in [0.15, 0.2) is 29.3 Å². The standard InChI is InChI=1S/C20H32N4/c1-21-20(22-13-12-17-6-7-17)23(2)16-18-8-10-19(11-9-18)24-14-4-3-5-15-24/h8-11,17H,3-7,12-16H2,1-2H3,(H,21,22). The minimum atomic E-state index is 0.892. The zero-order chi connectivity index (χ0) is 16.8. The van der Waals surface area contributed by atoms with Gasteiger partial charge in [0.2, 0.25) is 0 Å². The second-order valence-corrected chi connectivity index (χ2v) is 7.28. The van der Waals surface area contributed by atoms with Crippen molar-refractivity contribution in [2.45, 2.75) is 45.1 Å². The quantitative estimate of drug-likeness (QED) is 0.641. The van der Waals surface area contributed by atoms with Gasteiger partial charge in [-0.15, -0.1) is 0 Å². The minimum absolute atomic E-state index is 0.892. The number of aliphatic imine (C=N–C) groups is 1. The first kappa shape index (κ1) is 17.1. The Bertz CT molecular complexity index is 527. The lowest BCUT2D eigenvalue weighted by molar-refractivity contribution is 0.474. The van der Waals surface area contributed by atoms with E-state index in [2.05, 4.69) is 51.4 Å². The van der Waals surface area contributed by atoms with Gasteiger partial charge in [-0.3, -0.25) is 4.99 Å². The third kappa shape index (κ3) is 4.89. The number of benzene rings is 1. The Labute approximate surface area is 146 Å². The Morgan fingerprint density at radius 1 is 1.17 bits per heavy atom. The number of guanidine groups is 1. The van der Waals surface area contributed by atoms with Crippen molar-refractivity contribution < 1.29 is 0 Å². The molecule has 0 spiro atoms. The SMILES string of the molecule is CN=C(NCCC1CC1)N(C)Cc1ccc(N2CCCCC2)cc1. The summed E-state index contributed by atoms with van der Waals surface area (Å²) in [7, 11) is 3.99. The first-order valence-corrected chi connectivity index (χ1v) is 9.52. The highest BCUT2D eigenvalue weighted by Crippen LogP contribution is 2.31. The third-order valence-corrected chi connectivity index (χ3v) is 5.18. The van der Waals surface area contributed by atoms with E-state index in [1.54, 1.807) is 0 Å². The molecule has 1 aliphatic carbocycles. The van der Waals surface area contributed by atoms with Crippen LogP contribution in [-0.4, -0.2) is 44.6 Å². The highest BCUT2D eigenvalue weighted by Gasteiger charge is 2.20. The van der Waals surface area contributed by atoms with E-state index in [1.165, 1.54) is 62.9 Å². The molecule has 1 aliphatic heterocycles. The van der Waals surface area contributed by atoms with Gasteiger partial charge < -0.3 is 15.1 Å². The van der Waals surface area contributed by atoms with Crippen LogP contribution in [-0.2, 0) is 6.54 Å². The van der Waals surface area contributed by atoms with Gasteiger partial charge in [-0.25, -0.2) is 0 Å². The molecule has 1 aromatic carbocycles.